The zero-order valence-corrected chi connectivity index (χ0v) is 17.0. The van der Waals surface area contributed by atoms with Crippen molar-refractivity contribution in [3.63, 3.8) is 0 Å². The largest absolute Gasteiger partial charge is 0.456 e. The number of rotatable bonds is 9. The number of carbonyl (C=O) groups excluding carboxylic acids is 3. The summed E-state index contributed by atoms with van der Waals surface area (Å²) >= 11 is 1.53. The van der Waals surface area contributed by atoms with E-state index in [0.717, 1.165) is 17.1 Å². The van der Waals surface area contributed by atoms with Crippen molar-refractivity contribution < 1.29 is 19.1 Å². The molecule has 1 heterocycles. The first-order valence-electron chi connectivity index (χ1n) is 8.84. The van der Waals surface area contributed by atoms with Crippen molar-refractivity contribution in [2.24, 2.45) is 5.73 Å². The number of amides is 2. The smallest absolute Gasteiger partial charge is 0.329 e. The van der Waals surface area contributed by atoms with E-state index >= 15 is 0 Å². The van der Waals surface area contributed by atoms with E-state index in [-0.39, 0.29) is 5.78 Å². The van der Waals surface area contributed by atoms with Crippen molar-refractivity contribution in [1.82, 2.24) is 9.88 Å². The predicted octanol–water partition coefficient (Wildman–Crippen LogP) is 2.61. The van der Waals surface area contributed by atoms with E-state index in [2.05, 4.69) is 5.32 Å². The van der Waals surface area contributed by atoms with Gasteiger partial charge in [0.2, 0.25) is 5.78 Å². The van der Waals surface area contributed by atoms with Gasteiger partial charge in [0.15, 0.2) is 6.61 Å². The number of urea groups is 1. The van der Waals surface area contributed by atoms with Gasteiger partial charge < -0.3 is 20.4 Å². The van der Waals surface area contributed by atoms with Crippen LogP contribution in [0.1, 0.15) is 28.2 Å². The molecule has 0 aliphatic carbocycles. The number of benzene rings is 1. The molecular weight excluding hydrogens is 378 g/mol. The lowest BCUT2D eigenvalue weighted by Gasteiger charge is -2.15. The average molecular weight is 404 g/mol. The monoisotopic (exact) mass is 403 g/mol. The summed E-state index contributed by atoms with van der Waals surface area (Å²) in [6, 6.07) is 9.81. The number of esters is 1. The fourth-order valence-corrected chi connectivity index (χ4v) is 3.46. The van der Waals surface area contributed by atoms with Crippen molar-refractivity contribution in [2.75, 3.05) is 18.6 Å². The maximum absolute atomic E-state index is 12.6. The van der Waals surface area contributed by atoms with Gasteiger partial charge in [0.05, 0.1) is 0 Å². The number of Topliss-reactive ketones (excluding diaryl/α,β-unsaturated/α-hetero) is 1. The molecule has 150 valence electrons. The summed E-state index contributed by atoms with van der Waals surface area (Å²) in [5, 5.41) is 2.36. The first-order chi connectivity index (χ1) is 13.3. The number of nitrogens with one attached hydrogen (secondary N) is 1. The van der Waals surface area contributed by atoms with Crippen LogP contribution in [-0.2, 0) is 9.53 Å². The standard InChI is InChI=1S/C20H25N3O4S/c1-13-11-16(14(2)23(13)15-7-5-4-6-8-15)18(24)12-27-19(25)17(9-10-28-3)22-20(21)26/h4-8,11,17H,9-10,12H2,1-3H3,(H3,21,22,26)/t17-/m0/s1. The fourth-order valence-electron chi connectivity index (χ4n) is 2.99. The van der Waals surface area contributed by atoms with Gasteiger partial charge in [-0.05, 0) is 50.5 Å². The van der Waals surface area contributed by atoms with E-state index in [1.165, 1.54) is 11.8 Å². The number of hydrogen-bond donors (Lipinski definition) is 2. The maximum atomic E-state index is 12.6. The summed E-state index contributed by atoms with van der Waals surface area (Å²) in [4.78, 5) is 35.9. The number of para-hydroxylation sites is 1. The molecule has 0 aliphatic heterocycles. The number of nitrogens with zero attached hydrogens (tertiary/aromatic N) is 1. The molecule has 1 aromatic heterocycles. The Morgan fingerprint density at radius 1 is 1.21 bits per heavy atom. The van der Waals surface area contributed by atoms with Crippen LogP contribution in [0.4, 0.5) is 4.79 Å². The molecule has 8 heteroatoms. The Bertz CT molecular complexity index is 849. The second kappa shape index (κ2) is 9.98. The molecule has 0 saturated heterocycles. The Labute approximate surface area is 168 Å². The minimum atomic E-state index is -0.866. The normalized spacial score (nSPS) is 11.7. The highest BCUT2D eigenvalue weighted by Crippen LogP contribution is 2.21. The van der Waals surface area contributed by atoms with E-state index in [0.29, 0.717) is 17.7 Å². The molecule has 0 radical (unpaired) electrons. The van der Waals surface area contributed by atoms with Crippen LogP contribution in [0.5, 0.6) is 0 Å². The van der Waals surface area contributed by atoms with Crippen LogP contribution in [-0.4, -0.2) is 47.0 Å². The molecule has 3 N–H and O–H groups in total. The summed E-state index contributed by atoms with van der Waals surface area (Å²) in [6.45, 7) is 3.37. The third kappa shape index (κ3) is 5.39. The van der Waals surface area contributed by atoms with Crippen LogP contribution in [0, 0.1) is 13.8 Å². The molecule has 1 aromatic carbocycles. The van der Waals surface area contributed by atoms with Gasteiger partial charge in [-0.1, -0.05) is 18.2 Å². The van der Waals surface area contributed by atoms with Gasteiger partial charge >= 0.3 is 12.0 Å². The Morgan fingerprint density at radius 2 is 1.89 bits per heavy atom. The number of nitrogens with two attached hydrogens (primary N) is 1. The third-order valence-electron chi connectivity index (χ3n) is 4.30. The van der Waals surface area contributed by atoms with E-state index in [4.69, 9.17) is 10.5 Å². The van der Waals surface area contributed by atoms with Gasteiger partial charge in [0, 0.05) is 22.6 Å². The maximum Gasteiger partial charge on any atom is 0.329 e. The number of carbonyl (C=O) groups is 3. The Hall–Kier alpha value is -2.74. The number of hydrogen-bond acceptors (Lipinski definition) is 5. The summed E-state index contributed by atoms with van der Waals surface area (Å²) < 4.78 is 7.13. The SMILES string of the molecule is CSCC[C@H](NC(N)=O)C(=O)OCC(=O)c1cc(C)n(-c2ccccc2)c1C. The van der Waals surface area contributed by atoms with E-state index in [1.54, 1.807) is 6.07 Å². The average Bonchev–Trinajstić information content (AvgIpc) is 2.97. The molecule has 1 atom stereocenters. The summed E-state index contributed by atoms with van der Waals surface area (Å²) in [6.07, 6.45) is 2.26. The lowest BCUT2D eigenvalue weighted by atomic mass is 10.1. The van der Waals surface area contributed by atoms with Gasteiger partial charge in [0.1, 0.15) is 6.04 Å². The van der Waals surface area contributed by atoms with Crippen LogP contribution in [0.2, 0.25) is 0 Å². The Kier molecular flexibility index (Phi) is 7.69. The first kappa shape index (κ1) is 21.6. The molecule has 28 heavy (non-hydrogen) atoms. The number of aromatic nitrogens is 1. The highest BCUT2D eigenvalue weighted by atomic mass is 32.2. The van der Waals surface area contributed by atoms with Gasteiger partial charge in [-0.15, -0.1) is 0 Å². The molecule has 2 aromatic rings. The van der Waals surface area contributed by atoms with Crippen LogP contribution < -0.4 is 11.1 Å². The number of thioether (sulfide) groups is 1. The van der Waals surface area contributed by atoms with Gasteiger partial charge in [-0.3, -0.25) is 4.79 Å². The third-order valence-corrected chi connectivity index (χ3v) is 4.95. The molecule has 0 aliphatic rings. The predicted molar refractivity (Wildman–Crippen MR) is 110 cm³/mol. The zero-order chi connectivity index (χ0) is 20.7. The van der Waals surface area contributed by atoms with E-state index in [1.807, 2.05) is 55.0 Å². The molecule has 2 rings (SSSR count). The lowest BCUT2D eigenvalue weighted by Crippen LogP contribution is -2.45. The number of ketones is 1. The molecule has 0 fully saturated rings. The summed E-state index contributed by atoms with van der Waals surface area (Å²) in [5.41, 5.74) is 8.25. The van der Waals surface area contributed by atoms with Gasteiger partial charge in [-0.25, -0.2) is 9.59 Å². The molecule has 0 spiro atoms. The second-order valence-electron chi connectivity index (χ2n) is 6.33. The molecule has 0 saturated carbocycles. The van der Waals surface area contributed by atoms with Crippen LogP contribution in [0.25, 0.3) is 5.69 Å². The fraction of sp³-hybridized carbons (Fsp3) is 0.350. The van der Waals surface area contributed by atoms with Crippen LogP contribution in [0.15, 0.2) is 36.4 Å². The van der Waals surface area contributed by atoms with Gasteiger partial charge in [0.25, 0.3) is 0 Å². The molecule has 2 amide bonds. The topological polar surface area (TPSA) is 103 Å². The van der Waals surface area contributed by atoms with Crippen molar-refractivity contribution in [3.8, 4) is 5.69 Å². The van der Waals surface area contributed by atoms with E-state index < -0.39 is 24.6 Å². The first-order valence-corrected chi connectivity index (χ1v) is 10.2. The molecule has 0 unspecified atom stereocenters. The summed E-state index contributed by atoms with van der Waals surface area (Å²) in [5.74, 6) is -0.323. The highest BCUT2D eigenvalue weighted by Gasteiger charge is 2.23. The van der Waals surface area contributed by atoms with Crippen molar-refractivity contribution in [3.05, 3.63) is 53.3 Å². The number of aryl methyl sites for hydroxylation is 1. The second-order valence-corrected chi connectivity index (χ2v) is 7.31. The van der Waals surface area contributed by atoms with Crippen molar-refractivity contribution >= 4 is 29.5 Å². The molecular formula is C20H25N3O4S. The number of ether oxygens (including phenoxy) is 1. The van der Waals surface area contributed by atoms with Gasteiger partial charge in [-0.2, -0.15) is 11.8 Å². The zero-order valence-electron chi connectivity index (χ0n) is 16.2. The lowest BCUT2D eigenvalue weighted by molar-refractivity contribution is -0.144. The Balaban J connectivity index is 2.08. The van der Waals surface area contributed by atoms with E-state index in [9.17, 15) is 14.4 Å². The van der Waals surface area contributed by atoms with Crippen molar-refractivity contribution in [1.29, 1.82) is 0 Å². The Morgan fingerprint density at radius 3 is 2.50 bits per heavy atom. The summed E-state index contributed by atoms with van der Waals surface area (Å²) in [7, 11) is 0. The quantitative estimate of drug-likeness (QED) is 0.495. The molecule has 0 bridgehead atoms. The number of primary amides is 1. The minimum absolute atomic E-state index is 0.300. The van der Waals surface area contributed by atoms with Crippen LogP contribution in [0.3, 0.4) is 0 Å². The minimum Gasteiger partial charge on any atom is -0.456 e. The van der Waals surface area contributed by atoms with Crippen molar-refractivity contribution in [2.45, 2.75) is 26.3 Å². The highest BCUT2D eigenvalue weighted by molar-refractivity contribution is 7.98. The molecule has 7 nitrogen and oxygen atoms in total. The van der Waals surface area contributed by atoms with Crippen LogP contribution >= 0.6 is 11.8 Å².